The monoisotopic (exact) mass is 207 g/mol. The Morgan fingerprint density at radius 1 is 1.33 bits per heavy atom. The standard InChI is InChI=1S/C13H18FN/c1-10-6-11(9-15-8-10)7-12-4-2-3-5-13(12)14/h2-5,10-11,15H,6-9H2,1H3. The van der Waals surface area contributed by atoms with Crippen LogP contribution in [0.5, 0.6) is 0 Å². The second-order valence-electron chi connectivity index (χ2n) is 4.66. The molecule has 0 spiro atoms. The molecule has 2 unspecified atom stereocenters. The molecule has 1 aromatic carbocycles. The van der Waals surface area contributed by atoms with Gasteiger partial charge in [-0.25, -0.2) is 4.39 Å². The number of halogens is 1. The van der Waals surface area contributed by atoms with E-state index in [1.807, 2.05) is 12.1 Å². The topological polar surface area (TPSA) is 12.0 Å². The molecule has 0 aromatic heterocycles. The molecule has 82 valence electrons. The van der Waals surface area contributed by atoms with Crippen LogP contribution < -0.4 is 5.32 Å². The Morgan fingerprint density at radius 3 is 2.87 bits per heavy atom. The fourth-order valence-electron chi connectivity index (χ4n) is 2.40. The minimum absolute atomic E-state index is 0.0595. The van der Waals surface area contributed by atoms with Crippen LogP contribution in [0, 0.1) is 17.7 Å². The zero-order chi connectivity index (χ0) is 10.7. The predicted molar refractivity (Wildman–Crippen MR) is 60.2 cm³/mol. The van der Waals surface area contributed by atoms with Gasteiger partial charge in [0.25, 0.3) is 0 Å². The normalized spacial score (nSPS) is 26.5. The van der Waals surface area contributed by atoms with Crippen molar-refractivity contribution in [2.24, 2.45) is 11.8 Å². The number of rotatable bonds is 2. The molecule has 0 radical (unpaired) electrons. The Kier molecular flexibility index (Phi) is 3.37. The van der Waals surface area contributed by atoms with Crippen molar-refractivity contribution in [1.29, 1.82) is 0 Å². The molecular weight excluding hydrogens is 189 g/mol. The molecule has 1 aliphatic heterocycles. The van der Waals surface area contributed by atoms with Crippen molar-refractivity contribution in [2.45, 2.75) is 19.8 Å². The summed E-state index contributed by atoms with van der Waals surface area (Å²) < 4.78 is 13.4. The second-order valence-corrected chi connectivity index (χ2v) is 4.66. The third-order valence-electron chi connectivity index (χ3n) is 3.13. The van der Waals surface area contributed by atoms with Crippen molar-refractivity contribution in [3.63, 3.8) is 0 Å². The van der Waals surface area contributed by atoms with E-state index in [9.17, 15) is 4.39 Å². The highest BCUT2D eigenvalue weighted by Crippen LogP contribution is 2.21. The molecule has 1 saturated heterocycles. The fourth-order valence-corrected chi connectivity index (χ4v) is 2.40. The smallest absolute Gasteiger partial charge is 0.126 e. The quantitative estimate of drug-likeness (QED) is 0.786. The van der Waals surface area contributed by atoms with E-state index in [4.69, 9.17) is 0 Å². The summed E-state index contributed by atoms with van der Waals surface area (Å²) in [6, 6.07) is 7.11. The lowest BCUT2D eigenvalue weighted by molar-refractivity contribution is 0.299. The Balaban J connectivity index is 1.99. The van der Waals surface area contributed by atoms with E-state index in [-0.39, 0.29) is 5.82 Å². The molecule has 2 atom stereocenters. The number of benzene rings is 1. The molecule has 1 N–H and O–H groups in total. The van der Waals surface area contributed by atoms with Crippen LogP contribution in [0.2, 0.25) is 0 Å². The lowest BCUT2D eigenvalue weighted by atomic mass is 9.87. The minimum Gasteiger partial charge on any atom is -0.316 e. The van der Waals surface area contributed by atoms with E-state index in [0.717, 1.165) is 31.0 Å². The first-order chi connectivity index (χ1) is 7.25. The summed E-state index contributed by atoms with van der Waals surface area (Å²) in [5, 5.41) is 3.40. The van der Waals surface area contributed by atoms with Crippen molar-refractivity contribution in [3.8, 4) is 0 Å². The van der Waals surface area contributed by atoms with Crippen molar-refractivity contribution in [2.75, 3.05) is 13.1 Å². The van der Waals surface area contributed by atoms with Crippen LogP contribution in [0.15, 0.2) is 24.3 Å². The van der Waals surface area contributed by atoms with E-state index in [1.54, 1.807) is 12.1 Å². The van der Waals surface area contributed by atoms with E-state index < -0.39 is 0 Å². The summed E-state index contributed by atoms with van der Waals surface area (Å²) in [7, 11) is 0. The molecule has 0 amide bonds. The summed E-state index contributed by atoms with van der Waals surface area (Å²) in [4.78, 5) is 0. The van der Waals surface area contributed by atoms with Crippen molar-refractivity contribution in [3.05, 3.63) is 35.6 Å². The molecule has 0 aliphatic carbocycles. The largest absolute Gasteiger partial charge is 0.316 e. The van der Waals surface area contributed by atoms with E-state index in [1.165, 1.54) is 6.42 Å². The Labute approximate surface area is 90.7 Å². The Bertz CT molecular complexity index is 324. The van der Waals surface area contributed by atoms with Crippen molar-refractivity contribution in [1.82, 2.24) is 5.32 Å². The van der Waals surface area contributed by atoms with Crippen LogP contribution >= 0.6 is 0 Å². The molecule has 1 heterocycles. The molecule has 0 bridgehead atoms. The lowest BCUT2D eigenvalue weighted by Crippen LogP contribution is -2.36. The van der Waals surface area contributed by atoms with Gasteiger partial charge in [-0.15, -0.1) is 0 Å². The van der Waals surface area contributed by atoms with E-state index >= 15 is 0 Å². The fraction of sp³-hybridized carbons (Fsp3) is 0.538. The average molecular weight is 207 g/mol. The summed E-state index contributed by atoms with van der Waals surface area (Å²) in [6.07, 6.45) is 2.07. The van der Waals surface area contributed by atoms with Gasteiger partial charge in [0.05, 0.1) is 0 Å². The Hall–Kier alpha value is -0.890. The van der Waals surface area contributed by atoms with Crippen LogP contribution in [0.4, 0.5) is 4.39 Å². The van der Waals surface area contributed by atoms with Gasteiger partial charge in [0, 0.05) is 0 Å². The average Bonchev–Trinajstić information content (AvgIpc) is 2.22. The summed E-state index contributed by atoms with van der Waals surface area (Å²) in [6.45, 7) is 4.38. The number of nitrogens with one attached hydrogen (secondary N) is 1. The molecule has 2 heteroatoms. The maximum absolute atomic E-state index is 13.4. The molecule has 1 fully saturated rings. The minimum atomic E-state index is -0.0595. The van der Waals surface area contributed by atoms with Crippen molar-refractivity contribution >= 4 is 0 Å². The van der Waals surface area contributed by atoms with Gasteiger partial charge in [-0.3, -0.25) is 0 Å². The summed E-state index contributed by atoms with van der Waals surface area (Å²) in [5.41, 5.74) is 0.860. The maximum Gasteiger partial charge on any atom is 0.126 e. The van der Waals surface area contributed by atoms with Crippen LogP contribution in [0.1, 0.15) is 18.9 Å². The van der Waals surface area contributed by atoms with Gasteiger partial charge in [-0.05, 0) is 49.4 Å². The lowest BCUT2D eigenvalue weighted by Gasteiger charge is -2.27. The number of hydrogen-bond donors (Lipinski definition) is 1. The molecular formula is C13H18FN. The number of piperidine rings is 1. The van der Waals surface area contributed by atoms with Gasteiger partial charge in [0.2, 0.25) is 0 Å². The molecule has 1 aromatic rings. The first kappa shape index (κ1) is 10.6. The van der Waals surface area contributed by atoms with Gasteiger partial charge < -0.3 is 5.32 Å². The van der Waals surface area contributed by atoms with E-state index in [2.05, 4.69) is 12.2 Å². The van der Waals surface area contributed by atoms with Crippen LogP contribution in [0.3, 0.4) is 0 Å². The highest BCUT2D eigenvalue weighted by Gasteiger charge is 2.19. The zero-order valence-electron chi connectivity index (χ0n) is 9.17. The van der Waals surface area contributed by atoms with Gasteiger partial charge in [0.1, 0.15) is 5.82 Å². The summed E-state index contributed by atoms with van der Waals surface area (Å²) >= 11 is 0. The van der Waals surface area contributed by atoms with Crippen LogP contribution in [0.25, 0.3) is 0 Å². The molecule has 0 saturated carbocycles. The van der Waals surface area contributed by atoms with Crippen LogP contribution in [-0.2, 0) is 6.42 Å². The number of hydrogen-bond acceptors (Lipinski definition) is 1. The first-order valence-electron chi connectivity index (χ1n) is 5.70. The van der Waals surface area contributed by atoms with Gasteiger partial charge >= 0.3 is 0 Å². The molecule has 15 heavy (non-hydrogen) atoms. The second kappa shape index (κ2) is 4.75. The predicted octanol–water partition coefficient (Wildman–Crippen LogP) is 2.61. The van der Waals surface area contributed by atoms with Gasteiger partial charge in [0.15, 0.2) is 0 Å². The van der Waals surface area contributed by atoms with Gasteiger partial charge in [-0.2, -0.15) is 0 Å². The van der Waals surface area contributed by atoms with E-state index in [0.29, 0.717) is 5.92 Å². The molecule has 1 aliphatic rings. The highest BCUT2D eigenvalue weighted by molar-refractivity contribution is 5.18. The third-order valence-corrected chi connectivity index (χ3v) is 3.13. The summed E-state index contributed by atoms with van der Waals surface area (Å²) in [5.74, 6) is 1.25. The third kappa shape index (κ3) is 2.78. The highest BCUT2D eigenvalue weighted by atomic mass is 19.1. The zero-order valence-corrected chi connectivity index (χ0v) is 9.17. The van der Waals surface area contributed by atoms with Crippen molar-refractivity contribution < 1.29 is 4.39 Å². The first-order valence-corrected chi connectivity index (χ1v) is 5.70. The van der Waals surface area contributed by atoms with Crippen LogP contribution in [-0.4, -0.2) is 13.1 Å². The molecule has 2 rings (SSSR count). The maximum atomic E-state index is 13.4. The molecule has 1 nitrogen and oxygen atoms in total. The SMILES string of the molecule is CC1CNCC(Cc2ccccc2F)C1. The van der Waals surface area contributed by atoms with Gasteiger partial charge in [-0.1, -0.05) is 25.1 Å². The Morgan fingerprint density at radius 2 is 2.13 bits per heavy atom.